The quantitative estimate of drug-likeness (QED) is 0.592. The van der Waals surface area contributed by atoms with Gasteiger partial charge in [0, 0.05) is 18.3 Å². The number of rotatable bonds is 7. The van der Waals surface area contributed by atoms with E-state index in [0.29, 0.717) is 11.8 Å². The van der Waals surface area contributed by atoms with Gasteiger partial charge in [0.15, 0.2) is 17.5 Å². The lowest BCUT2D eigenvalue weighted by Gasteiger charge is -2.17. The lowest BCUT2D eigenvalue weighted by molar-refractivity contribution is 0.220. The van der Waals surface area contributed by atoms with Gasteiger partial charge in [0.25, 0.3) is 0 Å². The van der Waals surface area contributed by atoms with Crippen LogP contribution in [0.1, 0.15) is 26.7 Å². The Hall–Kier alpha value is -1.43. The van der Waals surface area contributed by atoms with Gasteiger partial charge in [-0.05, 0) is 44.6 Å². The molecule has 2 rings (SSSR count). The molecule has 0 amide bonds. The second kappa shape index (κ2) is 9.65. The minimum Gasteiger partial charge on any atom is -0.486 e. The van der Waals surface area contributed by atoms with E-state index in [9.17, 15) is 4.39 Å². The zero-order valence-corrected chi connectivity index (χ0v) is 14.7. The summed E-state index contributed by atoms with van der Waals surface area (Å²) in [6.45, 7) is 6.15. The van der Waals surface area contributed by atoms with Gasteiger partial charge in [-0.25, -0.2) is 9.38 Å². The van der Waals surface area contributed by atoms with Crippen molar-refractivity contribution in [3.63, 3.8) is 0 Å². The third kappa shape index (κ3) is 6.29. The van der Waals surface area contributed by atoms with E-state index in [1.807, 2.05) is 25.6 Å². The molecule has 0 aliphatic carbocycles. The van der Waals surface area contributed by atoms with Crippen LogP contribution in [0, 0.1) is 5.82 Å². The number of hydrogen-bond donors (Lipinski definition) is 2. The van der Waals surface area contributed by atoms with E-state index in [0.717, 1.165) is 19.0 Å². The molecule has 1 heterocycles. The third-order valence-corrected chi connectivity index (χ3v) is 4.93. The van der Waals surface area contributed by atoms with Crippen molar-refractivity contribution in [3.8, 4) is 5.75 Å². The van der Waals surface area contributed by atoms with Crippen molar-refractivity contribution in [2.24, 2.45) is 4.99 Å². The summed E-state index contributed by atoms with van der Waals surface area (Å²) in [6, 6.07) is 6.45. The zero-order valence-electron chi connectivity index (χ0n) is 13.8. The van der Waals surface area contributed by atoms with Gasteiger partial charge in [-0.15, -0.1) is 0 Å². The van der Waals surface area contributed by atoms with Crippen LogP contribution in [0.15, 0.2) is 29.3 Å². The van der Waals surface area contributed by atoms with Crippen LogP contribution in [0.25, 0.3) is 0 Å². The second-order valence-electron chi connectivity index (χ2n) is 5.59. The van der Waals surface area contributed by atoms with E-state index >= 15 is 0 Å². The van der Waals surface area contributed by atoms with E-state index in [1.165, 1.54) is 24.7 Å². The topological polar surface area (TPSA) is 45.7 Å². The first-order chi connectivity index (χ1) is 11.2. The van der Waals surface area contributed by atoms with Gasteiger partial charge in [0.05, 0.1) is 6.54 Å². The maximum atomic E-state index is 13.6. The van der Waals surface area contributed by atoms with Crippen LogP contribution >= 0.6 is 11.8 Å². The van der Waals surface area contributed by atoms with Gasteiger partial charge in [-0.3, -0.25) is 0 Å². The molecule has 0 bridgehead atoms. The van der Waals surface area contributed by atoms with Gasteiger partial charge < -0.3 is 15.4 Å². The first-order valence-electron chi connectivity index (χ1n) is 8.24. The molecule has 4 nitrogen and oxygen atoms in total. The number of aliphatic imine (C=N–C) groups is 1. The van der Waals surface area contributed by atoms with Gasteiger partial charge >= 0.3 is 0 Å². The Morgan fingerprint density at radius 1 is 1.43 bits per heavy atom. The molecule has 0 aromatic heterocycles. The number of halogens is 1. The maximum absolute atomic E-state index is 13.6. The van der Waals surface area contributed by atoms with Gasteiger partial charge in [0.2, 0.25) is 0 Å². The highest BCUT2D eigenvalue weighted by molar-refractivity contribution is 8.00. The third-order valence-electron chi connectivity index (χ3n) is 3.54. The Bertz CT molecular complexity index is 506. The highest BCUT2D eigenvalue weighted by atomic mass is 32.2. The minimum atomic E-state index is -0.341. The molecule has 23 heavy (non-hydrogen) atoms. The first-order valence-corrected chi connectivity index (χ1v) is 9.29. The first kappa shape index (κ1) is 17.9. The fourth-order valence-corrected chi connectivity index (χ4v) is 3.57. The van der Waals surface area contributed by atoms with Crippen molar-refractivity contribution in [1.29, 1.82) is 0 Å². The SMILES string of the molecule is CCNC(=NCC(C)Oc1ccccc1F)NCC1CCCS1. The van der Waals surface area contributed by atoms with Crippen LogP contribution < -0.4 is 15.4 Å². The van der Waals surface area contributed by atoms with Crippen molar-refractivity contribution < 1.29 is 9.13 Å². The summed E-state index contributed by atoms with van der Waals surface area (Å²) in [6.07, 6.45) is 2.38. The van der Waals surface area contributed by atoms with Gasteiger partial charge in [0.1, 0.15) is 6.10 Å². The Labute approximate surface area is 142 Å². The summed E-state index contributed by atoms with van der Waals surface area (Å²) in [5, 5.41) is 7.29. The molecular weight excluding hydrogens is 313 g/mol. The van der Waals surface area contributed by atoms with Crippen LogP contribution in [0.4, 0.5) is 4.39 Å². The lowest BCUT2D eigenvalue weighted by atomic mass is 10.2. The molecule has 6 heteroatoms. The van der Waals surface area contributed by atoms with E-state index < -0.39 is 0 Å². The average Bonchev–Trinajstić information content (AvgIpc) is 3.06. The van der Waals surface area contributed by atoms with Crippen molar-refractivity contribution in [2.45, 2.75) is 38.0 Å². The Morgan fingerprint density at radius 2 is 2.26 bits per heavy atom. The molecule has 2 N–H and O–H groups in total. The summed E-state index contributed by atoms with van der Waals surface area (Å²) in [7, 11) is 0. The summed E-state index contributed by atoms with van der Waals surface area (Å²) in [5.41, 5.74) is 0. The van der Waals surface area contributed by atoms with Crippen LogP contribution in [0.5, 0.6) is 5.75 Å². The highest BCUT2D eigenvalue weighted by Crippen LogP contribution is 2.25. The highest BCUT2D eigenvalue weighted by Gasteiger charge is 2.15. The molecule has 2 unspecified atom stereocenters. The van der Waals surface area contributed by atoms with Crippen molar-refractivity contribution in [1.82, 2.24) is 10.6 Å². The van der Waals surface area contributed by atoms with E-state index in [2.05, 4.69) is 15.6 Å². The summed E-state index contributed by atoms with van der Waals surface area (Å²) in [5.74, 6) is 1.99. The van der Waals surface area contributed by atoms with Crippen LogP contribution in [-0.4, -0.2) is 42.7 Å². The van der Waals surface area contributed by atoms with Crippen molar-refractivity contribution in [3.05, 3.63) is 30.1 Å². The number of nitrogens with zero attached hydrogens (tertiary/aromatic N) is 1. The molecule has 1 saturated heterocycles. The molecule has 2 atom stereocenters. The van der Waals surface area contributed by atoms with Crippen LogP contribution in [-0.2, 0) is 0 Å². The van der Waals surface area contributed by atoms with Crippen molar-refractivity contribution in [2.75, 3.05) is 25.4 Å². The molecule has 1 aromatic carbocycles. The summed E-state index contributed by atoms with van der Waals surface area (Å²) < 4.78 is 19.2. The maximum Gasteiger partial charge on any atom is 0.191 e. The standard InChI is InChI=1S/C17H26FN3OS/c1-3-19-17(21-12-14-7-6-10-23-14)20-11-13(2)22-16-9-5-4-8-15(16)18/h4-5,8-9,13-14H,3,6-7,10-12H2,1-2H3,(H2,19,20,21). The summed E-state index contributed by atoms with van der Waals surface area (Å²) >= 11 is 2.02. The number of guanidine groups is 1. The van der Waals surface area contributed by atoms with E-state index in [4.69, 9.17) is 4.74 Å². The van der Waals surface area contributed by atoms with Gasteiger partial charge in [-0.1, -0.05) is 12.1 Å². The number of hydrogen-bond acceptors (Lipinski definition) is 3. The fourth-order valence-electron chi connectivity index (χ4n) is 2.37. The average molecular weight is 339 g/mol. The van der Waals surface area contributed by atoms with Crippen LogP contribution in [0.3, 0.4) is 0 Å². The molecule has 0 saturated carbocycles. The smallest absolute Gasteiger partial charge is 0.191 e. The molecule has 128 valence electrons. The largest absolute Gasteiger partial charge is 0.486 e. The van der Waals surface area contributed by atoms with Crippen molar-refractivity contribution >= 4 is 17.7 Å². The lowest BCUT2D eigenvalue weighted by Crippen LogP contribution is -2.40. The van der Waals surface area contributed by atoms with Gasteiger partial charge in [-0.2, -0.15) is 11.8 Å². The van der Waals surface area contributed by atoms with Crippen LogP contribution in [0.2, 0.25) is 0 Å². The predicted molar refractivity (Wildman–Crippen MR) is 96.0 cm³/mol. The Morgan fingerprint density at radius 3 is 2.96 bits per heavy atom. The number of thioether (sulfide) groups is 1. The molecule has 0 spiro atoms. The number of benzene rings is 1. The zero-order chi connectivity index (χ0) is 16.5. The predicted octanol–water partition coefficient (Wildman–Crippen LogP) is 3.04. The molecule has 1 aromatic rings. The molecule has 1 fully saturated rings. The Balaban J connectivity index is 1.82. The number of ether oxygens (including phenoxy) is 1. The Kier molecular flexibility index (Phi) is 7.52. The molecule has 0 radical (unpaired) electrons. The second-order valence-corrected chi connectivity index (χ2v) is 7.00. The van der Waals surface area contributed by atoms with E-state index in [1.54, 1.807) is 18.2 Å². The number of nitrogens with one attached hydrogen (secondary N) is 2. The molecule has 1 aliphatic rings. The normalized spacial score (nSPS) is 19.4. The fraction of sp³-hybridized carbons (Fsp3) is 0.588. The molecule has 1 aliphatic heterocycles. The molecular formula is C17H26FN3OS. The monoisotopic (exact) mass is 339 g/mol. The minimum absolute atomic E-state index is 0.191. The van der Waals surface area contributed by atoms with E-state index in [-0.39, 0.29) is 17.7 Å². The summed E-state index contributed by atoms with van der Waals surface area (Å²) in [4.78, 5) is 4.54. The number of para-hydroxylation sites is 1.